The second-order valence-electron chi connectivity index (χ2n) is 5.52. The summed E-state index contributed by atoms with van der Waals surface area (Å²) in [5, 5.41) is 0. The van der Waals surface area contributed by atoms with Gasteiger partial charge in [-0.1, -0.05) is 78.3 Å². The van der Waals surface area contributed by atoms with Gasteiger partial charge in [0.1, 0.15) is 0 Å². The van der Waals surface area contributed by atoms with Crippen LogP contribution in [-0.2, 0) is 4.74 Å². The first-order chi connectivity index (χ1) is 12.7. The predicted molar refractivity (Wildman–Crippen MR) is 116 cm³/mol. The molecule has 0 atom stereocenters. The molecular weight excluding hydrogens is 320 g/mol. The number of morpholine rings is 1. The van der Waals surface area contributed by atoms with Crippen LogP contribution < -0.4 is 4.90 Å². The van der Waals surface area contributed by atoms with Crippen LogP contribution in [0.4, 0.5) is 5.69 Å². The SMILES string of the molecule is CC.CC.CCC.Cc1cc(N2CCOCC2)cc(-c2ccccc2)n1. The van der Waals surface area contributed by atoms with E-state index >= 15 is 0 Å². The van der Waals surface area contributed by atoms with Crippen molar-refractivity contribution >= 4 is 5.69 Å². The molecule has 1 aromatic carbocycles. The monoisotopic (exact) mass is 358 g/mol. The number of benzene rings is 1. The highest BCUT2D eigenvalue weighted by Gasteiger charge is 2.13. The van der Waals surface area contributed by atoms with E-state index in [0.717, 1.165) is 37.7 Å². The van der Waals surface area contributed by atoms with Gasteiger partial charge < -0.3 is 9.64 Å². The van der Waals surface area contributed by atoms with Crippen molar-refractivity contribution in [3.8, 4) is 11.3 Å². The number of ether oxygens (including phenoxy) is 1. The van der Waals surface area contributed by atoms with Gasteiger partial charge in [0, 0.05) is 30.0 Å². The number of aromatic nitrogens is 1. The molecule has 3 nitrogen and oxygen atoms in total. The van der Waals surface area contributed by atoms with Gasteiger partial charge in [-0.15, -0.1) is 0 Å². The zero-order chi connectivity index (χ0) is 19.8. The fraction of sp³-hybridized carbons (Fsp3) is 0.522. The molecular formula is C23H38N2O. The van der Waals surface area contributed by atoms with E-state index in [1.165, 1.54) is 17.7 Å². The summed E-state index contributed by atoms with van der Waals surface area (Å²) < 4.78 is 5.41. The van der Waals surface area contributed by atoms with Crippen molar-refractivity contribution in [2.45, 2.75) is 54.9 Å². The lowest BCUT2D eigenvalue weighted by molar-refractivity contribution is 0.122. The fourth-order valence-corrected chi connectivity index (χ4v) is 2.41. The van der Waals surface area contributed by atoms with Crippen LogP contribution in [0.3, 0.4) is 0 Å². The van der Waals surface area contributed by atoms with Crippen molar-refractivity contribution in [1.82, 2.24) is 4.98 Å². The Kier molecular flexibility index (Phi) is 14.3. The molecule has 1 fully saturated rings. The highest BCUT2D eigenvalue weighted by molar-refractivity contribution is 5.65. The Morgan fingerprint density at radius 2 is 1.46 bits per heavy atom. The molecule has 0 radical (unpaired) electrons. The summed E-state index contributed by atoms with van der Waals surface area (Å²) in [4.78, 5) is 7.01. The van der Waals surface area contributed by atoms with Gasteiger partial charge in [0.15, 0.2) is 0 Å². The van der Waals surface area contributed by atoms with E-state index in [2.05, 4.69) is 54.9 Å². The van der Waals surface area contributed by atoms with Crippen molar-refractivity contribution < 1.29 is 4.74 Å². The molecule has 146 valence electrons. The molecule has 2 aromatic rings. The van der Waals surface area contributed by atoms with Crippen molar-refractivity contribution in [3.05, 3.63) is 48.2 Å². The summed E-state index contributed by atoms with van der Waals surface area (Å²) in [7, 11) is 0. The first kappa shape index (κ1) is 24.1. The minimum Gasteiger partial charge on any atom is -0.378 e. The van der Waals surface area contributed by atoms with Crippen LogP contribution >= 0.6 is 0 Å². The van der Waals surface area contributed by atoms with E-state index in [-0.39, 0.29) is 0 Å². The summed E-state index contributed by atoms with van der Waals surface area (Å²) >= 11 is 0. The summed E-state index contributed by atoms with van der Waals surface area (Å²) in [5.74, 6) is 0. The Morgan fingerprint density at radius 1 is 0.923 bits per heavy atom. The Labute approximate surface area is 161 Å². The van der Waals surface area contributed by atoms with Crippen LogP contribution in [0.15, 0.2) is 42.5 Å². The topological polar surface area (TPSA) is 25.4 Å². The highest BCUT2D eigenvalue weighted by Crippen LogP contribution is 2.24. The second-order valence-corrected chi connectivity index (χ2v) is 5.52. The Hall–Kier alpha value is -1.87. The maximum Gasteiger partial charge on any atom is 0.0725 e. The molecule has 1 aliphatic rings. The van der Waals surface area contributed by atoms with Gasteiger partial charge in [0.2, 0.25) is 0 Å². The molecule has 0 unspecified atom stereocenters. The summed E-state index contributed by atoms with van der Waals surface area (Å²) in [5.41, 5.74) is 4.51. The van der Waals surface area contributed by atoms with Crippen molar-refractivity contribution in [3.63, 3.8) is 0 Å². The smallest absolute Gasteiger partial charge is 0.0725 e. The Bertz CT molecular complexity index is 564. The number of aryl methyl sites for hydroxylation is 1. The molecule has 0 spiro atoms. The molecule has 0 N–H and O–H groups in total. The van der Waals surface area contributed by atoms with Crippen molar-refractivity contribution in [1.29, 1.82) is 0 Å². The third kappa shape index (κ3) is 8.48. The number of pyridine rings is 1. The summed E-state index contributed by atoms with van der Waals surface area (Å²) in [6.45, 7) is 17.8. The normalized spacial score (nSPS) is 12.5. The number of rotatable bonds is 2. The third-order valence-electron chi connectivity index (χ3n) is 3.38. The number of hydrogen-bond acceptors (Lipinski definition) is 3. The van der Waals surface area contributed by atoms with E-state index in [9.17, 15) is 0 Å². The maximum absolute atomic E-state index is 5.41. The number of anilines is 1. The Balaban J connectivity index is 0.000000793. The van der Waals surface area contributed by atoms with Gasteiger partial charge >= 0.3 is 0 Å². The lowest BCUT2D eigenvalue weighted by Crippen LogP contribution is -2.36. The molecule has 0 amide bonds. The van der Waals surface area contributed by atoms with Gasteiger partial charge in [0.05, 0.1) is 18.9 Å². The van der Waals surface area contributed by atoms with Crippen LogP contribution in [-0.4, -0.2) is 31.3 Å². The van der Waals surface area contributed by atoms with Gasteiger partial charge in [0.25, 0.3) is 0 Å². The van der Waals surface area contributed by atoms with Crippen LogP contribution in [0.25, 0.3) is 11.3 Å². The molecule has 2 heterocycles. The maximum atomic E-state index is 5.41. The molecule has 0 saturated carbocycles. The van der Waals surface area contributed by atoms with Gasteiger partial charge in [-0.05, 0) is 19.1 Å². The van der Waals surface area contributed by atoms with Crippen LogP contribution in [0.2, 0.25) is 0 Å². The minimum atomic E-state index is 0.808. The molecule has 3 heteroatoms. The molecule has 0 aliphatic carbocycles. The molecule has 0 bridgehead atoms. The first-order valence-corrected chi connectivity index (χ1v) is 10.1. The minimum absolute atomic E-state index is 0.808. The molecule has 1 aromatic heterocycles. The van der Waals surface area contributed by atoms with E-state index in [0.29, 0.717) is 0 Å². The number of nitrogens with zero attached hydrogens (tertiary/aromatic N) is 2. The first-order valence-electron chi connectivity index (χ1n) is 10.1. The van der Waals surface area contributed by atoms with Gasteiger partial charge in [-0.25, -0.2) is 0 Å². The highest BCUT2D eigenvalue weighted by atomic mass is 16.5. The zero-order valence-electron chi connectivity index (χ0n) is 17.9. The fourth-order valence-electron chi connectivity index (χ4n) is 2.41. The van der Waals surface area contributed by atoms with Crippen LogP contribution in [0, 0.1) is 6.92 Å². The van der Waals surface area contributed by atoms with Crippen molar-refractivity contribution in [2.24, 2.45) is 0 Å². The molecule has 26 heavy (non-hydrogen) atoms. The quantitative estimate of drug-likeness (QED) is 0.624. The second kappa shape index (κ2) is 15.4. The molecule has 1 saturated heterocycles. The van der Waals surface area contributed by atoms with Crippen molar-refractivity contribution in [2.75, 3.05) is 31.2 Å². The van der Waals surface area contributed by atoms with Crippen LogP contribution in [0.1, 0.15) is 53.7 Å². The average Bonchev–Trinajstić information content (AvgIpc) is 2.72. The van der Waals surface area contributed by atoms with E-state index in [1.54, 1.807) is 0 Å². The summed E-state index contributed by atoms with van der Waals surface area (Å²) in [6.07, 6.45) is 1.25. The third-order valence-corrected chi connectivity index (χ3v) is 3.38. The Morgan fingerprint density at radius 3 is 2.00 bits per heavy atom. The predicted octanol–water partition coefficient (Wildman–Crippen LogP) is 6.36. The molecule has 1 aliphatic heterocycles. The molecule has 3 rings (SSSR count). The average molecular weight is 359 g/mol. The van der Waals surface area contributed by atoms with E-state index in [4.69, 9.17) is 4.74 Å². The summed E-state index contributed by atoms with van der Waals surface area (Å²) in [6, 6.07) is 14.7. The van der Waals surface area contributed by atoms with Crippen LogP contribution in [0.5, 0.6) is 0 Å². The van der Waals surface area contributed by atoms with Gasteiger partial charge in [-0.3, -0.25) is 4.98 Å². The standard InChI is InChI=1S/C16H18N2O.C3H8.2C2H6/c1-13-11-15(18-7-9-19-10-8-18)12-16(17-13)14-5-3-2-4-6-14;1-3-2;2*1-2/h2-6,11-12H,7-10H2,1H3;3H2,1-2H3;2*1-2H3. The van der Waals surface area contributed by atoms with E-state index in [1.807, 2.05) is 45.9 Å². The lowest BCUT2D eigenvalue weighted by Gasteiger charge is -2.29. The zero-order valence-corrected chi connectivity index (χ0v) is 17.9. The largest absolute Gasteiger partial charge is 0.378 e. The lowest BCUT2D eigenvalue weighted by atomic mass is 10.1. The van der Waals surface area contributed by atoms with E-state index < -0.39 is 0 Å². The number of hydrogen-bond donors (Lipinski definition) is 0. The van der Waals surface area contributed by atoms with Gasteiger partial charge in [-0.2, -0.15) is 0 Å².